The number of ether oxygens (including phenoxy) is 2. The summed E-state index contributed by atoms with van der Waals surface area (Å²) >= 11 is 0. The Morgan fingerprint density at radius 2 is 1.83 bits per heavy atom. The first-order valence-electron chi connectivity index (χ1n) is 9.90. The standard InChI is InChI=1S/C22H27N3O5/c1-29-17-9-5-8-16(12-17)24-22(28)25-19-11-10-18(30-20(19)14-26)13-21(27)23-15-6-3-2-4-7-15/h2-9,12,18-20,26H,10-11,13-14H2,1H3,(H,23,27)(H2,24,25,28)/t18-,19+,20-/m1/s1. The molecule has 4 N–H and O–H groups in total. The second kappa shape index (κ2) is 10.6. The van der Waals surface area contributed by atoms with Crippen LogP contribution in [0.5, 0.6) is 5.75 Å². The molecule has 1 saturated heterocycles. The van der Waals surface area contributed by atoms with Gasteiger partial charge in [0, 0.05) is 17.4 Å². The summed E-state index contributed by atoms with van der Waals surface area (Å²) < 4.78 is 11.0. The summed E-state index contributed by atoms with van der Waals surface area (Å²) in [5, 5.41) is 18.1. The molecule has 1 aliphatic heterocycles. The number of amides is 3. The van der Waals surface area contributed by atoms with Gasteiger partial charge in [-0.1, -0.05) is 24.3 Å². The molecule has 1 fully saturated rings. The van der Waals surface area contributed by atoms with Gasteiger partial charge in [-0.3, -0.25) is 4.79 Å². The Labute approximate surface area is 175 Å². The Hall–Kier alpha value is -3.10. The number of carbonyl (C=O) groups is 2. The van der Waals surface area contributed by atoms with Gasteiger partial charge < -0.3 is 30.5 Å². The quantitative estimate of drug-likeness (QED) is 0.558. The maximum Gasteiger partial charge on any atom is 0.319 e. The van der Waals surface area contributed by atoms with Gasteiger partial charge in [-0.2, -0.15) is 0 Å². The van der Waals surface area contributed by atoms with Crippen molar-refractivity contribution in [3.8, 4) is 5.75 Å². The summed E-state index contributed by atoms with van der Waals surface area (Å²) in [5.74, 6) is 0.490. The zero-order valence-electron chi connectivity index (χ0n) is 16.8. The molecule has 3 amide bonds. The van der Waals surface area contributed by atoms with Crippen molar-refractivity contribution in [1.29, 1.82) is 0 Å². The first-order chi connectivity index (χ1) is 14.6. The molecular formula is C22H27N3O5. The number of anilines is 2. The smallest absolute Gasteiger partial charge is 0.319 e. The Morgan fingerprint density at radius 3 is 2.57 bits per heavy atom. The third-order valence-corrected chi connectivity index (χ3v) is 4.91. The van der Waals surface area contributed by atoms with E-state index >= 15 is 0 Å². The second-order valence-corrected chi connectivity index (χ2v) is 7.11. The van der Waals surface area contributed by atoms with E-state index in [1.165, 1.54) is 0 Å². The minimum absolute atomic E-state index is 0.148. The molecule has 30 heavy (non-hydrogen) atoms. The van der Waals surface area contributed by atoms with Crippen LogP contribution in [0.15, 0.2) is 54.6 Å². The molecule has 3 atom stereocenters. The summed E-state index contributed by atoms with van der Waals surface area (Å²) in [7, 11) is 1.56. The van der Waals surface area contributed by atoms with Gasteiger partial charge in [-0.05, 0) is 37.1 Å². The molecule has 8 nitrogen and oxygen atoms in total. The van der Waals surface area contributed by atoms with Crippen LogP contribution in [0.2, 0.25) is 0 Å². The number of urea groups is 1. The van der Waals surface area contributed by atoms with Crippen molar-refractivity contribution < 1.29 is 24.2 Å². The molecule has 0 bridgehead atoms. The number of aliphatic hydroxyl groups excluding tert-OH is 1. The van der Waals surface area contributed by atoms with E-state index in [1.807, 2.05) is 30.3 Å². The van der Waals surface area contributed by atoms with E-state index in [4.69, 9.17) is 9.47 Å². The molecule has 0 aliphatic carbocycles. The molecule has 8 heteroatoms. The third kappa shape index (κ3) is 6.20. The lowest BCUT2D eigenvalue weighted by Crippen LogP contribution is -2.52. The lowest BCUT2D eigenvalue weighted by atomic mass is 9.97. The number of hydrogen-bond acceptors (Lipinski definition) is 5. The number of carbonyl (C=O) groups excluding carboxylic acids is 2. The van der Waals surface area contributed by atoms with E-state index in [0.29, 0.717) is 24.3 Å². The van der Waals surface area contributed by atoms with E-state index in [-0.39, 0.29) is 31.1 Å². The van der Waals surface area contributed by atoms with Crippen LogP contribution in [0.1, 0.15) is 19.3 Å². The highest BCUT2D eigenvalue weighted by atomic mass is 16.5. The van der Waals surface area contributed by atoms with Crippen molar-refractivity contribution in [2.75, 3.05) is 24.4 Å². The van der Waals surface area contributed by atoms with E-state index in [0.717, 1.165) is 5.69 Å². The molecule has 2 aromatic carbocycles. The topological polar surface area (TPSA) is 109 Å². The van der Waals surface area contributed by atoms with Crippen molar-refractivity contribution in [3.05, 3.63) is 54.6 Å². The van der Waals surface area contributed by atoms with Gasteiger partial charge >= 0.3 is 6.03 Å². The summed E-state index contributed by atoms with van der Waals surface area (Å²) in [4.78, 5) is 24.6. The van der Waals surface area contributed by atoms with Gasteiger partial charge in [0.15, 0.2) is 0 Å². The molecule has 0 saturated carbocycles. The second-order valence-electron chi connectivity index (χ2n) is 7.11. The average Bonchev–Trinajstić information content (AvgIpc) is 2.75. The van der Waals surface area contributed by atoms with Gasteiger partial charge in [0.2, 0.25) is 5.91 Å². The Bertz CT molecular complexity index is 846. The highest BCUT2D eigenvalue weighted by Crippen LogP contribution is 2.23. The maximum atomic E-state index is 12.3. The Balaban J connectivity index is 1.48. The SMILES string of the molecule is COc1cccc(NC(=O)N[C@H]2CC[C@H](CC(=O)Nc3ccccc3)O[C@@H]2CO)c1. The highest BCUT2D eigenvalue weighted by Gasteiger charge is 2.33. The van der Waals surface area contributed by atoms with Gasteiger partial charge in [0.25, 0.3) is 0 Å². The summed E-state index contributed by atoms with van der Waals surface area (Å²) in [6.07, 6.45) is 0.492. The van der Waals surface area contributed by atoms with Crippen LogP contribution in [0.25, 0.3) is 0 Å². The highest BCUT2D eigenvalue weighted by molar-refractivity contribution is 5.91. The predicted molar refractivity (Wildman–Crippen MR) is 114 cm³/mol. The lowest BCUT2D eigenvalue weighted by molar-refractivity contribution is -0.126. The predicted octanol–water partition coefficient (Wildman–Crippen LogP) is 2.75. The van der Waals surface area contributed by atoms with E-state index in [9.17, 15) is 14.7 Å². The Kier molecular flexibility index (Phi) is 7.64. The molecule has 1 aliphatic rings. The van der Waals surface area contributed by atoms with Crippen LogP contribution in [0, 0.1) is 0 Å². The zero-order valence-corrected chi connectivity index (χ0v) is 16.8. The zero-order chi connectivity index (χ0) is 21.3. The number of hydrogen-bond donors (Lipinski definition) is 4. The summed E-state index contributed by atoms with van der Waals surface area (Å²) in [5.41, 5.74) is 1.32. The monoisotopic (exact) mass is 413 g/mol. The number of rotatable bonds is 7. The molecular weight excluding hydrogens is 386 g/mol. The fraction of sp³-hybridized carbons (Fsp3) is 0.364. The Morgan fingerprint density at radius 1 is 1.07 bits per heavy atom. The van der Waals surface area contributed by atoms with Crippen LogP contribution >= 0.6 is 0 Å². The number of methoxy groups -OCH3 is 1. The molecule has 0 radical (unpaired) electrons. The van der Waals surface area contributed by atoms with E-state index in [2.05, 4.69) is 16.0 Å². The van der Waals surface area contributed by atoms with Crippen molar-refractivity contribution in [2.45, 2.75) is 37.5 Å². The van der Waals surface area contributed by atoms with Gasteiger partial charge in [-0.15, -0.1) is 0 Å². The van der Waals surface area contributed by atoms with Crippen LogP contribution < -0.4 is 20.7 Å². The molecule has 0 unspecified atom stereocenters. The first kappa shape index (κ1) is 21.6. The number of aliphatic hydroxyl groups is 1. The van der Waals surface area contributed by atoms with Gasteiger partial charge in [0.1, 0.15) is 11.9 Å². The van der Waals surface area contributed by atoms with Crippen LogP contribution in [0.3, 0.4) is 0 Å². The number of benzene rings is 2. The molecule has 1 heterocycles. The van der Waals surface area contributed by atoms with Gasteiger partial charge in [-0.25, -0.2) is 4.79 Å². The summed E-state index contributed by atoms with van der Waals surface area (Å²) in [6, 6.07) is 15.5. The summed E-state index contributed by atoms with van der Waals surface area (Å²) in [6.45, 7) is -0.249. The minimum Gasteiger partial charge on any atom is -0.497 e. The lowest BCUT2D eigenvalue weighted by Gasteiger charge is -2.35. The van der Waals surface area contributed by atoms with Crippen molar-refractivity contribution >= 4 is 23.3 Å². The maximum absolute atomic E-state index is 12.3. The number of nitrogens with one attached hydrogen (secondary N) is 3. The first-order valence-corrected chi connectivity index (χ1v) is 9.90. The fourth-order valence-electron chi connectivity index (χ4n) is 3.42. The molecule has 0 spiro atoms. The third-order valence-electron chi connectivity index (χ3n) is 4.91. The molecule has 0 aromatic heterocycles. The minimum atomic E-state index is -0.579. The normalized spacial score (nSPS) is 20.8. The van der Waals surface area contributed by atoms with Gasteiger partial charge in [0.05, 0.1) is 32.3 Å². The molecule has 2 aromatic rings. The van der Waals surface area contributed by atoms with Crippen LogP contribution in [-0.2, 0) is 9.53 Å². The van der Waals surface area contributed by atoms with Crippen LogP contribution in [0.4, 0.5) is 16.2 Å². The largest absolute Gasteiger partial charge is 0.497 e. The molecule has 3 rings (SSSR count). The van der Waals surface area contributed by atoms with E-state index in [1.54, 1.807) is 31.4 Å². The van der Waals surface area contributed by atoms with E-state index < -0.39 is 12.1 Å². The average molecular weight is 413 g/mol. The van der Waals surface area contributed by atoms with Crippen molar-refractivity contribution in [2.24, 2.45) is 0 Å². The van der Waals surface area contributed by atoms with Crippen molar-refractivity contribution in [1.82, 2.24) is 5.32 Å². The molecule has 160 valence electrons. The van der Waals surface area contributed by atoms with Crippen molar-refractivity contribution in [3.63, 3.8) is 0 Å². The van der Waals surface area contributed by atoms with Crippen LogP contribution in [-0.4, -0.2) is 49.0 Å². The number of para-hydroxylation sites is 1. The fourth-order valence-corrected chi connectivity index (χ4v) is 3.42.